The third kappa shape index (κ3) is 7.77. The van der Waals surface area contributed by atoms with Gasteiger partial charge in [-0.15, -0.1) is 0 Å². The van der Waals surface area contributed by atoms with E-state index in [1.165, 1.54) is 0 Å². The van der Waals surface area contributed by atoms with E-state index >= 15 is 0 Å². The molecule has 2 rings (SSSR count). The lowest BCUT2D eigenvalue weighted by Crippen LogP contribution is -2.50. The fraction of sp³-hybridized carbons (Fsp3) is 0.375. The number of anilines is 1. The van der Waals surface area contributed by atoms with Gasteiger partial charge in [-0.3, -0.25) is 9.59 Å². The minimum absolute atomic E-state index is 0.0151. The predicted molar refractivity (Wildman–Crippen MR) is 123 cm³/mol. The Hall–Kier alpha value is -3.35. The van der Waals surface area contributed by atoms with Crippen LogP contribution in [-0.4, -0.2) is 29.9 Å². The molecule has 0 saturated carbocycles. The van der Waals surface area contributed by atoms with E-state index in [9.17, 15) is 14.4 Å². The summed E-state index contributed by atoms with van der Waals surface area (Å²) in [4.78, 5) is 37.1. The van der Waals surface area contributed by atoms with Crippen molar-refractivity contribution in [2.45, 2.75) is 52.7 Å². The molecule has 7 nitrogen and oxygen atoms in total. The molecule has 0 aliphatic heterocycles. The summed E-state index contributed by atoms with van der Waals surface area (Å²) < 4.78 is 0. The lowest BCUT2D eigenvalue weighted by atomic mass is 9.97. The third-order valence-corrected chi connectivity index (χ3v) is 4.92. The van der Waals surface area contributed by atoms with Gasteiger partial charge >= 0.3 is 6.03 Å². The summed E-state index contributed by atoms with van der Waals surface area (Å²) in [5, 5.41) is 11.3. The number of carbonyl (C=O) groups excluding carboxylic acids is 3. The van der Waals surface area contributed by atoms with Crippen LogP contribution in [0.5, 0.6) is 0 Å². The second-order valence-electron chi connectivity index (χ2n) is 7.87. The first-order valence-corrected chi connectivity index (χ1v) is 10.6. The lowest BCUT2D eigenvalue weighted by molar-refractivity contribution is -0.124. The van der Waals surface area contributed by atoms with E-state index in [0.717, 1.165) is 12.0 Å². The lowest BCUT2D eigenvalue weighted by Gasteiger charge is -2.23. The molecule has 4 N–H and O–H groups in total. The van der Waals surface area contributed by atoms with Crippen LogP contribution >= 0.6 is 0 Å². The first-order chi connectivity index (χ1) is 14.8. The molecule has 2 unspecified atom stereocenters. The van der Waals surface area contributed by atoms with Gasteiger partial charge in [-0.1, -0.05) is 50.6 Å². The molecule has 0 radical (unpaired) electrons. The Bertz CT molecular complexity index is 866. The minimum Gasteiger partial charge on any atom is -0.350 e. The fourth-order valence-corrected chi connectivity index (χ4v) is 2.95. The van der Waals surface area contributed by atoms with E-state index in [0.29, 0.717) is 17.8 Å². The van der Waals surface area contributed by atoms with E-state index in [1.54, 1.807) is 36.4 Å². The van der Waals surface area contributed by atoms with E-state index in [-0.39, 0.29) is 29.8 Å². The van der Waals surface area contributed by atoms with E-state index in [1.807, 2.05) is 45.9 Å². The highest BCUT2D eigenvalue weighted by molar-refractivity contribution is 5.97. The maximum absolute atomic E-state index is 12.8. The zero-order chi connectivity index (χ0) is 22.8. The first-order valence-electron chi connectivity index (χ1n) is 10.6. The van der Waals surface area contributed by atoms with Crippen molar-refractivity contribution >= 4 is 23.5 Å². The number of rotatable bonds is 9. The molecule has 2 aromatic carbocycles. The molecular formula is C24H32N4O3. The zero-order valence-corrected chi connectivity index (χ0v) is 18.6. The summed E-state index contributed by atoms with van der Waals surface area (Å²) in [7, 11) is 0. The number of carbonyl (C=O) groups is 3. The molecule has 2 aromatic rings. The van der Waals surface area contributed by atoms with E-state index in [2.05, 4.69) is 21.3 Å². The number of amides is 4. The van der Waals surface area contributed by atoms with Gasteiger partial charge < -0.3 is 21.3 Å². The molecule has 0 bridgehead atoms. The van der Waals surface area contributed by atoms with Crippen molar-refractivity contribution in [3.8, 4) is 0 Å². The van der Waals surface area contributed by atoms with Crippen molar-refractivity contribution in [1.29, 1.82) is 0 Å². The molecule has 31 heavy (non-hydrogen) atoms. The van der Waals surface area contributed by atoms with Crippen molar-refractivity contribution < 1.29 is 14.4 Å². The van der Waals surface area contributed by atoms with Gasteiger partial charge in [-0.2, -0.15) is 0 Å². The van der Waals surface area contributed by atoms with Gasteiger partial charge in [0.15, 0.2) is 0 Å². The van der Waals surface area contributed by atoms with Gasteiger partial charge in [-0.25, -0.2) is 4.79 Å². The largest absolute Gasteiger partial charge is 0.350 e. The maximum atomic E-state index is 12.8. The van der Waals surface area contributed by atoms with Crippen LogP contribution in [0.2, 0.25) is 0 Å². The SMILES string of the molecule is CCC(C)C(NC(=O)c1ccccc1)C(=O)NCc1ccc(NC(=O)NC(C)C)cc1. The van der Waals surface area contributed by atoms with Crippen molar-refractivity contribution in [2.24, 2.45) is 5.92 Å². The van der Waals surface area contributed by atoms with Gasteiger partial charge in [0, 0.05) is 23.8 Å². The normalized spacial score (nSPS) is 12.5. The Morgan fingerprint density at radius 1 is 0.871 bits per heavy atom. The van der Waals surface area contributed by atoms with E-state index in [4.69, 9.17) is 0 Å². The maximum Gasteiger partial charge on any atom is 0.319 e. The number of benzene rings is 2. The predicted octanol–water partition coefficient (Wildman–Crippen LogP) is 3.68. The molecule has 0 spiro atoms. The molecule has 0 aliphatic rings. The Morgan fingerprint density at radius 3 is 2.10 bits per heavy atom. The van der Waals surface area contributed by atoms with Crippen LogP contribution in [0.4, 0.5) is 10.5 Å². The van der Waals surface area contributed by atoms with Gasteiger partial charge in [0.1, 0.15) is 6.04 Å². The summed E-state index contributed by atoms with van der Waals surface area (Å²) in [6.07, 6.45) is 0.756. The van der Waals surface area contributed by atoms with Crippen molar-refractivity contribution in [3.05, 3.63) is 65.7 Å². The first kappa shape index (κ1) is 23.9. The summed E-state index contributed by atoms with van der Waals surface area (Å²) in [5.74, 6) is -0.507. The van der Waals surface area contributed by atoms with Crippen LogP contribution in [0.3, 0.4) is 0 Å². The second-order valence-corrected chi connectivity index (χ2v) is 7.87. The molecule has 2 atom stereocenters. The average Bonchev–Trinajstić information content (AvgIpc) is 2.76. The number of nitrogens with one attached hydrogen (secondary N) is 4. The van der Waals surface area contributed by atoms with Gasteiger partial charge in [0.2, 0.25) is 5.91 Å². The molecule has 0 aliphatic carbocycles. The molecule has 166 valence electrons. The number of urea groups is 1. The van der Waals surface area contributed by atoms with Gasteiger partial charge in [-0.05, 0) is 49.6 Å². The smallest absolute Gasteiger partial charge is 0.319 e. The molecule has 7 heteroatoms. The zero-order valence-electron chi connectivity index (χ0n) is 18.6. The van der Waals surface area contributed by atoms with Crippen molar-refractivity contribution in [1.82, 2.24) is 16.0 Å². The standard InChI is InChI=1S/C24H32N4O3/c1-5-17(4)21(28-22(29)19-9-7-6-8-10-19)23(30)25-15-18-11-13-20(14-12-18)27-24(31)26-16(2)3/h6-14,16-17,21H,5,15H2,1-4H3,(H,25,30)(H,28,29)(H2,26,27,31). The fourth-order valence-electron chi connectivity index (χ4n) is 2.95. The Balaban J connectivity index is 1.94. The monoisotopic (exact) mass is 424 g/mol. The number of hydrogen-bond donors (Lipinski definition) is 4. The third-order valence-electron chi connectivity index (χ3n) is 4.92. The Morgan fingerprint density at radius 2 is 1.52 bits per heavy atom. The van der Waals surface area contributed by atoms with Crippen LogP contribution in [0.15, 0.2) is 54.6 Å². The molecule has 0 fully saturated rings. The van der Waals surface area contributed by atoms with Crippen LogP contribution in [0.25, 0.3) is 0 Å². The van der Waals surface area contributed by atoms with Gasteiger partial charge in [0.05, 0.1) is 0 Å². The molecule has 4 amide bonds. The van der Waals surface area contributed by atoms with Crippen molar-refractivity contribution in [2.75, 3.05) is 5.32 Å². The summed E-state index contributed by atoms with van der Waals surface area (Å²) >= 11 is 0. The minimum atomic E-state index is -0.627. The van der Waals surface area contributed by atoms with Crippen LogP contribution in [-0.2, 0) is 11.3 Å². The molecule has 0 saturated heterocycles. The Kier molecular flexibility index (Phi) is 9.06. The average molecular weight is 425 g/mol. The molecule has 0 heterocycles. The number of hydrogen-bond acceptors (Lipinski definition) is 3. The quantitative estimate of drug-likeness (QED) is 0.494. The van der Waals surface area contributed by atoms with E-state index < -0.39 is 6.04 Å². The summed E-state index contributed by atoms with van der Waals surface area (Å²) in [5.41, 5.74) is 2.08. The summed E-state index contributed by atoms with van der Waals surface area (Å²) in [6.45, 7) is 8.03. The molecule has 0 aromatic heterocycles. The highest BCUT2D eigenvalue weighted by Crippen LogP contribution is 2.12. The van der Waals surface area contributed by atoms with Crippen LogP contribution in [0.1, 0.15) is 50.0 Å². The van der Waals surface area contributed by atoms with Crippen LogP contribution < -0.4 is 21.3 Å². The van der Waals surface area contributed by atoms with Crippen LogP contribution in [0, 0.1) is 5.92 Å². The Labute approximate surface area is 184 Å². The van der Waals surface area contributed by atoms with Gasteiger partial charge in [0.25, 0.3) is 5.91 Å². The van der Waals surface area contributed by atoms with Crippen molar-refractivity contribution in [3.63, 3.8) is 0 Å². The topological polar surface area (TPSA) is 99.3 Å². The molecular weight excluding hydrogens is 392 g/mol. The second kappa shape index (κ2) is 11.7. The highest BCUT2D eigenvalue weighted by atomic mass is 16.2. The summed E-state index contributed by atoms with van der Waals surface area (Å²) in [6, 6.07) is 15.3. The highest BCUT2D eigenvalue weighted by Gasteiger charge is 2.26.